The first kappa shape index (κ1) is 16.5. The number of ether oxygens (including phenoxy) is 2. The predicted molar refractivity (Wildman–Crippen MR) is 93.0 cm³/mol. The molecule has 1 aliphatic rings. The molecule has 0 spiro atoms. The highest BCUT2D eigenvalue weighted by Crippen LogP contribution is 2.27. The number of hydrazone groups is 1. The maximum atomic E-state index is 12.2. The van der Waals surface area contributed by atoms with E-state index in [9.17, 15) is 9.59 Å². The molecule has 0 saturated carbocycles. The number of nitrogens with one attached hydrogen (secondary N) is 1. The van der Waals surface area contributed by atoms with Crippen molar-refractivity contribution < 1.29 is 19.1 Å². The summed E-state index contributed by atoms with van der Waals surface area (Å²) in [5.41, 5.74) is 3.99. The van der Waals surface area contributed by atoms with Gasteiger partial charge in [-0.15, -0.1) is 0 Å². The summed E-state index contributed by atoms with van der Waals surface area (Å²) in [6, 6.07) is 14.3. The molecular weight excluding hydrogens is 322 g/mol. The summed E-state index contributed by atoms with van der Waals surface area (Å²) in [6.45, 7) is -0.247. The predicted octanol–water partition coefficient (Wildman–Crippen LogP) is 1.57. The van der Waals surface area contributed by atoms with Gasteiger partial charge in [0.1, 0.15) is 0 Å². The van der Waals surface area contributed by atoms with Gasteiger partial charge in [0.25, 0.3) is 11.8 Å². The van der Waals surface area contributed by atoms with Crippen LogP contribution in [-0.2, 0) is 9.59 Å². The highest BCUT2D eigenvalue weighted by atomic mass is 16.5. The van der Waals surface area contributed by atoms with E-state index in [1.165, 1.54) is 12.0 Å². The monoisotopic (exact) mass is 339 g/mol. The van der Waals surface area contributed by atoms with Crippen molar-refractivity contribution in [1.29, 1.82) is 0 Å². The first-order chi connectivity index (χ1) is 12.1. The van der Waals surface area contributed by atoms with Gasteiger partial charge in [-0.05, 0) is 18.2 Å². The van der Waals surface area contributed by atoms with E-state index in [1.54, 1.807) is 37.4 Å². The second-order valence-corrected chi connectivity index (χ2v) is 5.32. The van der Waals surface area contributed by atoms with Crippen molar-refractivity contribution in [1.82, 2.24) is 5.43 Å². The molecule has 1 aliphatic heterocycles. The maximum absolute atomic E-state index is 12.2. The van der Waals surface area contributed by atoms with Crippen molar-refractivity contribution in [3.8, 4) is 11.5 Å². The van der Waals surface area contributed by atoms with Gasteiger partial charge in [0.2, 0.25) is 0 Å². The van der Waals surface area contributed by atoms with Crippen LogP contribution in [0.4, 0.5) is 5.69 Å². The lowest BCUT2D eigenvalue weighted by Gasteiger charge is -2.09. The Morgan fingerprint density at radius 3 is 2.56 bits per heavy atom. The molecule has 2 aromatic rings. The van der Waals surface area contributed by atoms with Crippen LogP contribution in [0.25, 0.3) is 0 Å². The fourth-order valence-electron chi connectivity index (χ4n) is 2.49. The molecule has 1 N–H and O–H groups in total. The van der Waals surface area contributed by atoms with Gasteiger partial charge in [0.05, 0.1) is 12.8 Å². The molecule has 25 heavy (non-hydrogen) atoms. The highest BCUT2D eigenvalue weighted by molar-refractivity contribution is 6.54. The van der Waals surface area contributed by atoms with Gasteiger partial charge < -0.3 is 14.4 Å². The van der Waals surface area contributed by atoms with Gasteiger partial charge in [-0.25, -0.2) is 5.43 Å². The summed E-state index contributed by atoms with van der Waals surface area (Å²) >= 11 is 0. The lowest BCUT2D eigenvalue weighted by Crippen LogP contribution is -2.30. The Morgan fingerprint density at radius 2 is 1.80 bits per heavy atom. The third-order valence-corrected chi connectivity index (χ3v) is 3.75. The zero-order chi connectivity index (χ0) is 17.8. The van der Waals surface area contributed by atoms with Crippen molar-refractivity contribution in [2.45, 2.75) is 0 Å². The Balaban J connectivity index is 1.66. The second-order valence-electron chi connectivity index (χ2n) is 5.32. The summed E-state index contributed by atoms with van der Waals surface area (Å²) < 4.78 is 10.6. The molecule has 0 radical (unpaired) electrons. The van der Waals surface area contributed by atoms with Gasteiger partial charge in [-0.2, -0.15) is 5.10 Å². The van der Waals surface area contributed by atoms with E-state index in [1.807, 2.05) is 18.2 Å². The Kier molecular flexibility index (Phi) is 4.65. The molecule has 128 valence electrons. The molecule has 2 aromatic carbocycles. The SMILES string of the molecule is COc1ccccc1OCC(=O)N/N=C1\C(=O)N(C)c2ccccc21. The van der Waals surface area contributed by atoms with Crippen LogP contribution in [0, 0.1) is 0 Å². The zero-order valence-corrected chi connectivity index (χ0v) is 13.9. The van der Waals surface area contributed by atoms with E-state index in [4.69, 9.17) is 9.47 Å². The summed E-state index contributed by atoms with van der Waals surface area (Å²) in [5, 5.41) is 3.97. The second kappa shape index (κ2) is 7.04. The lowest BCUT2D eigenvalue weighted by molar-refractivity contribution is -0.123. The van der Waals surface area contributed by atoms with E-state index in [0.717, 1.165) is 5.69 Å². The highest BCUT2D eigenvalue weighted by Gasteiger charge is 2.31. The maximum Gasteiger partial charge on any atom is 0.279 e. The minimum Gasteiger partial charge on any atom is -0.493 e. The third kappa shape index (κ3) is 3.30. The number of nitrogens with zero attached hydrogens (tertiary/aromatic N) is 2. The number of rotatable bonds is 5. The fraction of sp³-hybridized carbons (Fsp3) is 0.167. The van der Waals surface area contributed by atoms with Gasteiger partial charge in [0, 0.05) is 12.6 Å². The van der Waals surface area contributed by atoms with Crippen LogP contribution in [0.2, 0.25) is 0 Å². The molecule has 7 heteroatoms. The van der Waals surface area contributed by atoms with Crippen LogP contribution >= 0.6 is 0 Å². The Bertz CT molecular complexity index is 848. The number of methoxy groups -OCH3 is 1. The minimum absolute atomic E-state index is 0.198. The number of likely N-dealkylation sites (N-methyl/N-ethyl adjacent to an activating group) is 1. The van der Waals surface area contributed by atoms with Crippen LogP contribution in [0.5, 0.6) is 11.5 Å². The van der Waals surface area contributed by atoms with E-state index in [-0.39, 0.29) is 18.2 Å². The van der Waals surface area contributed by atoms with Crippen molar-refractivity contribution in [2.24, 2.45) is 5.10 Å². The Morgan fingerprint density at radius 1 is 1.12 bits per heavy atom. The number of amides is 2. The van der Waals surface area contributed by atoms with E-state index >= 15 is 0 Å². The van der Waals surface area contributed by atoms with Crippen LogP contribution in [-0.4, -0.2) is 38.3 Å². The number of benzene rings is 2. The molecular formula is C18H17N3O4. The van der Waals surface area contributed by atoms with Gasteiger partial charge in [-0.3, -0.25) is 9.59 Å². The molecule has 2 amide bonds. The largest absolute Gasteiger partial charge is 0.493 e. The van der Waals surface area contributed by atoms with Crippen LogP contribution in [0.15, 0.2) is 53.6 Å². The van der Waals surface area contributed by atoms with Gasteiger partial charge >= 0.3 is 0 Å². The van der Waals surface area contributed by atoms with Crippen LogP contribution in [0.1, 0.15) is 5.56 Å². The third-order valence-electron chi connectivity index (χ3n) is 3.75. The van der Waals surface area contributed by atoms with Crippen LogP contribution in [0.3, 0.4) is 0 Å². The molecule has 7 nitrogen and oxygen atoms in total. The normalized spacial score (nSPS) is 14.4. The Labute approximate surface area is 144 Å². The molecule has 0 saturated heterocycles. The lowest BCUT2D eigenvalue weighted by atomic mass is 10.1. The summed E-state index contributed by atoms with van der Waals surface area (Å²) in [6.07, 6.45) is 0. The zero-order valence-electron chi connectivity index (χ0n) is 13.9. The number of anilines is 1. The number of carbonyl (C=O) groups is 2. The van der Waals surface area contributed by atoms with E-state index in [0.29, 0.717) is 17.1 Å². The van der Waals surface area contributed by atoms with Gasteiger partial charge in [0.15, 0.2) is 23.8 Å². The number of hydrogen-bond donors (Lipinski definition) is 1. The molecule has 0 aromatic heterocycles. The standard InChI is InChI=1S/C18H17N3O4/c1-21-13-8-4-3-7-12(13)17(18(21)23)20-19-16(22)11-25-15-10-6-5-9-14(15)24-2/h3-10H,11H2,1-2H3,(H,19,22)/b20-17-. The van der Waals surface area contributed by atoms with E-state index < -0.39 is 5.91 Å². The molecule has 0 atom stereocenters. The topological polar surface area (TPSA) is 80.2 Å². The number of fused-ring (bicyclic) bond motifs is 1. The average molecular weight is 339 g/mol. The van der Waals surface area contributed by atoms with Crippen molar-refractivity contribution in [3.05, 3.63) is 54.1 Å². The smallest absolute Gasteiger partial charge is 0.279 e. The first-order valence-electron chi connectivity index (χ1n) is 7.61. The molecule has 0 aliphatic carbocycles. The minimum atomic E-state index is -0.474. The Hall–Kier alpha value is -3.35. The molecule has 0 unspecified atom stereocenters. The van der Waals surface area contributed by atoms with Crippen LogP contribution < -0.4 is 19.8 Å². The summed E-state index contributed by atoms with van der Waals surface area (Å²) in [4.78, 5) is 25.7. The van der Waals surface area contributed by atoms with E-state index in [2.05, 4.69) is 10.5 Å². The molecule has 0 bridgehead atoms. The van der Waals surface area contributed by atoms with Crippen molar-refractivity contribution in [2.75, 3.05) is 25.7 Å². The number of para-hydroxylation sites is 3. The molecule has 1 heterocycles. The fourth-order valence-corrected chi connectivity index (χ4v) is 2.49. The number of carbonyl (C=O) groups excluding carboxylic acids is 2. The molecule has 3 rings (SSSR count). The first-order valence-corrected chi connectivity index (χ1v) is 7.61. The molecule has 0 fully saturated rings. The van der Waals surface area contributed by atoms with Gasteiger partial charge in [-0.1, -0.05) is 30.3 Å². The summed E-state index contributed by atoms with van der Waals surface area (Å²) in [5.74, 6) is 0.239. The average Bonchev–Trinajstić information content (AvgIpc) is 2.89. The number of hydrogen-bond acceptors (Lipinski definition) is 5. The summed E-state index contributed by atoms with van der Waals surface area (Å²) in [7, 11) is 3.18. The quantitative estimate of drug-likeness (QED) is 0.839. The van der Waals surface area contributed by atoms with Crippen molar-refractivity contribution >= 4 is 23.2 Å². The van der Waals surface area contributed by atoms with Crippen molar-refractivity contribution in [3.63, 3.8) is 0 Å².